The Morgan fingerprint density at radius 2 is 1.76 bits per heavy atom. The van der Waals surface area contributed by atoms with E-state index in [1.165, 1.54) is 0 Å². The van der Waals surface area contributed by atoms with Crippen LogP contribution in [0.5, 0.6) is 0 Å². The fourth-order valence-corrected chi connectivity index (χ4v) is 1.76. The van der Waals surface area contributed by atoms with Gasteiger partial charge in [-0.15, -0.1) is 0 Å². The molecule has 0 spiro atoms. The molecule has 17 heavy (non-hydrogen) atoms. The number of hydrogen-bond donors (Lipinski definition) is 1. The van der Waals surface area contributed by atoms with Crippen molar-refractivity contribution in [1.29, 1.82) is 0 Å². The number of halogens is 4. The molecule has 9 heteroatoms. The molecule has 1 aromatic carbocycles. The molecule has 0 aliphatic heterocycles. The minimum absolute atomic E-state index is 0.125. The van der Waals surface area contributed by atoms with Crippen LogP contribution in [0.1, 0.15) is 10.4 Å². The minimum atomic E-state index is -5.68. The van der Waals surface area contributed by atoms with Crippen LogP contribution in [0.2, 0.25) is 0 Å². The highest BCUT2D eigenvalue weighted by Crippen LogP contribution is 2.30. The van der Waals surface area contributed by atoms with Gasteiger partial charge in [-0.1, -0.05) is 0 Å². The van der Waals surface area contributed by atoms with E-state index < -0.39 is 37.6 Å². The first-order valence-electron chi connectivity index (χ1n) is 3.91. The van der Waals surface area contributed by atoms with Gasteiger partial charge in [-0.2, -0.15) is 13.2 Å². The van der Waals surface area contributed by atoms with Crippen molar-refractivity contribution in [3.8, 4) is 0 Å². The van der Waals surface area contributed by atoms with Crippen molar-refractivity contribution < 1.29 is 35.9 Å². The maximum atomic E-state index is 12.8. The number of aromatic carboxylic acids is 1. The zero-order chi connectivity index (χ0) is 13.4. The number of carboxylic acid groups (broad SMARTS) is 1. The molecule has 0 saturated carbocycles. The van der Waals surface area contributed by atoms with Crippen molar-refractivity contribution in [2.24, 2.45) is 0 Å². The summed E-state index contributed by atoms with van der Waals surface area (Å²) >= 11 is 0. The molecule has 0 aliphatic rings. The zero-order valence-corrected chi connectivity index (χ0v) is 8.64. The topological polar surface area (TPSA) is 71.4 Å². The van der Waals surface area contributed by atoms with Gasteiger partial charge >= 0.3 is 11.5 Å². The molecule has 0 fully saturated rings. The summed E-state index contributed by atoms with van der Waals surface area (Å²) in [7, 11) is -5.68. The summed E-state index contributed by atoms with van der Waals surface area (Å²) in [5.74, 6) is -3.18. The Labute approximate surface area is 92.4 Å². The molecule has 1 N–H and O–H groups in total. The first-order valence-corrected chi connectivity index (χ1v) is 5.40. The normalized spacial score (nSPS) is 12.5. The van der Waals surface area contributed by atoms with E-state index in [-0.39, 0.29) is 6.07 Å². The van der Waals surface area contributed by atoms with E-state index in [2.05, 4.69) is 0 Å². The van der Waals surface area contributed by atoms with E-state index in [0.717, 1.165) is 0 Å². The van der Waals surface area contributed by atoms with Gasteiger partial charge in [-0.05, 0) is 18.2 Å². The summed E-state index contributed by atoms with van der Waals surface area (Å²) in [5.41, 5.74) is -6.71. The van der Waals surface area contributed by atoms with Crippen LogP contribution in [0.15, 0.2) is 23.1 Å². The Kier molecular flexibility index (Phi) is 3.15. The molecule has 0 heterocycles. The number of rotatable bonds is 2. The smallest absolute Gasteiger partial charge is 0.478 e. The average Bonchev–Trinajstić information content (AvgIpc) is 2.15. The van der Waals surface area contributed by atoms with Gasteiger partial charge in [0.15, 0.2) is 0 Å². The molecule has 0 bridgehead atoms. The Morgan fingerprint density at radius 1 is 1.24 bits per heavy atom. The van der Waals surface area contributed by atoms with E-state index in [1.54, 1.807) is 0 Å². The van der Waals surface area contributed by atoms with Gasteiger partial charge in [0.05, 0.1) is 10.5 Å². The number of carbonyl (C=O) groups is 1. The van der Waals surface area contributed by atoms with Crippen molar-refractivity contribution in [2.45, 2.75) is 10.4 Å². The van der Waals surface area contributed by atoms with E-state index >= 15 is 0 Å². The van der Waals surface area contributed by atoms with E-state index in [9.17, 15) is 30.8 Å². The summed E-state index contributed by atoms with van der Waals surface area (Å²) in [6, 6.07) is 0.827. The molecule has 1 rings (SSSR count). The molecule has 0 radical (unpaired) electrons. The molecule has 0 amide bonds. The van der Waals surface area contributed by atoms with Gasteiger partial charge in [0.2, 0.25) is 0 Å². The van der Waals surface area contributed by atoms with Crippen LogP contribution in [0.4, 0.5) is 17.6 Å². The average molecular weight is 272 g/mol. The van der Waals surface area contributed by atoms with Gasteiger partial charge in [0.25, 0.3) is 9.84 Å². The fourth-order valence-electron chi connectivity index (χ4n) is 0.969. The predicted molar refractivity (Wildman–Crippen MR) is 46.6 cm³/mol. The molecule has 1 aromatic rings. The Hall–Kier alpha value is -1.64. The monoisotopic (exact) mass is 272 g/mol. The first kappa shape index (κ1) is 13.4. The van der Waals surface area contributed by atoms with Crippen LogP contribution in [0.3, 0.4) is 0 Å². The number of sulfone groups is 1. The third-order valence-corrected chi connectivity index (χ3v) is 3.27. The van der Waals surface area contributed by atoms with Crippen LogP contribution in [0.25, 0.3) is 0 Å². The van der Waals surface area contributed by atoms with Crippen LogP contribution < -0.4 is 0 Å². The Morgan fingerprint density at radius 3 is 2.18 bits per heavy atom. The number of alkyl halides is 3. The van der Waals surface area contributed by atoms with Crippen molar-refractivity contribution in [1.82, 2.24) is 0 Å². The summed E-state index contributed by atoms with van der Waals surface area (Å²) in [6.07, 6.45) is 0. The van der Waals surface area contributed by atoms with E-state index in [0.29, 0.717) is 12.1 Å². The second-order valence-corrected chi connectivity index (χ2v) is 4.84. The number of carboxylic acids is 1. The Bertz CT molecular complexity index is 561. The molecule has 4 nitrogen and oxygen atoms in total. The summed E-state index contributed by atoms with van der Waals surface area (Å²) in [6.45, 7) is 0. The van der Waals surface area contributed by atoms with E-state index in [4.69, 9.17) is 5.11 Å². The fraction of sp³-hybridized carbons (Fsp3) is 0.125. The summed E-state index contributed by atoms with van der Waals surface area (Å²) in [4.78, 5) is 9.12. The first-order chi connectivity index (χ1) is 7.57. The highest BCUT2D eigenvalue weighted by molar-refractivity contribution is 7.92. The van der Waals surface area contributed by atoms with Crippen molar-refractivity contribution in [3.05, 3.63) is 29.6 Å². The quantitative estimate of drug-likeness (QED) is 0.658. The van der Waals surface area contributed by atoms with Crippen LogP contribution in [-0.4, -0.2) is 25.0 Å². The van der Waals surface area contributed by atoms with Gasteiger partial charge < -0.3 is 5.11 Å². The van der Waals surface area contributed by atoms with Crippen molar-refractivity contribution >= 4 is 15.8 Å². The SMILES string of the molecule is O=C(O)c1cc(S(=O)(=O)C(F)(F)F)ccc1F. The highest BCUT2D eigenvalue weighted by atomic mass is 32.2. The van der Waals surface area contributed by atoms with E-state index in [1.807, 2.05) is 0 Å². The summed E-state index contributed by atoms with van der Waals surface area (Å²) < 4.78 is 71.0. The minimum Gasteiger partial charge on any atom is -0.478 e. The number of benzene rings is 1. The molecule has 0 saturated heterocycles. The van der Waals surface area contributed by atoms with Crippen LogP contribution in [0, 0.1) is 5.82 Å². The molecule has 0 aliphatic carbocycles. The third kappa shape index (κ3) is 2.38. The third-order valence-electron chi connectivity index (χ3n) is 1.78. The van der Waals surface area contributed by atoms with Gasteiger partial charge in [0, 0.05) is 0 Å². The maximum absolute atomic E-state index is 12.8. The second-order valence-electron chi connectivity index (χ2n) is 2.90. The second kappa shape index (κ2) is 3.99. The molecule has 0 unspecified atom stereocenters. The van der Waals surface area contributed by atoms with Gasteiger partial charge in [-0.25, -0.2) is 17.6 Å². The lowest BCUT2D eigenvalue weighted by molar-refractivity contribution is -0.0436. The van der Waals surface area contributed by atoms with Crippen molar-refractivity contribution in [3.63, 3.8) is 0 Å². The van der Waals surface area contributed by atoms with Crippen LogP contribution in [-0.2, 0) is 9.84 Å². The molecule has 0 atom stereocenters. The predicted octanol–water partition coefficient (Wildman–Crippen LogP) is 1.82. The lowest BCUT2D eigenvalue weighted by atomic mass is 10.2. The Balaban J connectivity index is 3.46. The molecular formula is C8H4F4O4S. The lowest BCUT2D eigenvalue weighted by Gasteiger charge is -2.08. The molecule has 0 aromatic heterocycles. The van der Waals surface area contributed by atoms with Crippen molar-refractivity contribution in [2.75, 3.05) is 0 Å². The lowest BCUT2D eigenvalue weighted by Crippen LogP contribution is -2.23. The standard InChI is InChI=1S/C8H4F4O4S/c9-6-2-1-4(3-5(6)7(13)14)17(15,16)8(10,11)12/h1-3H,(H,13,14). The van der Waals surface area contributed by atoms with Crippen LogP contribution >= 0.6 is 0 Å². The number of hydrogen-bond acceptors (Lipinski definition) is 3. The molecular weight excluding hydrogens is 268 g/mol. The highest BCUT2D eigenvalue weighted by Gasteiger charge is 2.47. The maximum Gasteiger partial charge on any atom is 0.501 e. The zero-order valence-electron chi connectivity index (χ0n) is 7.82. The van der Waals surface area contributed by atoms with Gasteiger partial charge in [0.1, 0.15) is 5.82 Å². The molecule has 94 valence electrons. The summed E-state index contributed by atoms with van der Waals surface area (Å²) in [5, 5.41) is 8.44. The largest absolute Gasteiger partial charge is 0.501 e. The van der Waals surface area contributed by atoms with Gasteiger partial charge in [-0.3, -0.25) is 0 Å².